The second-order valence-electron chi connectivity index (χ2n) is 9.74. The molecule has 3 atom stereocenters. The molecular weight excluding hydrogens is 474 g/mol. The monoisotopic (exact) mass is 506 g/mol. The number of nitrogens with zero attached hydrogens (tertiary/aromatic N) is 2. The number of carboxylic acids is 1. The van der Waals surface area contributed by atoms with Crippen molar-refractivity contribution in [1.29, 1.82) is 0 Å². The highest BCUT2D eigenvalue weighted by atomic mass is 19.1. The fourth-order valence-corrected chi connectivity index (χ4v) is 5.12. The van der Waals surface area contributed by atoms with Gasteiger partial charge in [-0.15, -0.1) is 0 Å². The maximum absolute atomic E-state index is 15.5. The lowest BCUT2D eigenvalue weighted by atomic mass is 9.79. The van der Waals surface area contributed by atoms with Crippen LogP contribution in [0.3, 0.4) is 0 Å². The number of aryl methyl sites for hydroxylation is 1. The number of ether oxygens (including phenoxy) is 1. The van der Waals surface area contributed by atoms with Crippen molar-refractivity contribution in [2.75, 3.05) is 26.7 Å². The Balaban J connectivity index is 1.39. The number of pyridine rings is 1. The van der Waals surface area contributed by atoms with Crippen molar-refractivity contribution in [2.45, 2.75) is 38.8 Å². The van der Waals surface area contributed by atoms with Gasteiger partial charge in [-0.2, -0.15) is 0 Å². The van der Waals surface area contributed by atoms with E-state index in [1.54, 1.807) is 44.5 Å². The standard InChI is InChI=1S/C30H32F2N2O3/c1-20-5-6-21(16-28(20)32)4-3-14-34-15-12-22(23(19-34)17-30(35)36)7-9-27(31)25-11-13-33-29-10-8-24(37-2)18-26(25)29/h5-6,8,10-11,13,16,18,22-23,27H,7,9,12,14-15,17,19H2,1-2H3,(H,35,36)/t22-,23+,27-/m1/s1. The molecule has 0 aliphatic carbocycles. The lowest BCUT2D eigenvalue weighted by molar-refractivity contribution is -0.139. The zero-order valence-electron chi connectivity index (χ0n) is 21.2. The van der Waals surface area contributed by atoms with Crippen LogP contribution in [-0.4, -0.2) is 47.7 Å². The first-order chi connectivity index (χ1) is 17.8. The van der Waals surface area contributed by atoms with Crippen LogP contribution in [0.2, 0.25) is 0 Å². The van der Waals surface area contributed by atoms with Crippen molar-refractivity contribution in [3.05, 3.63) is 71.2 Å². The zero-order valence-corrected chi connectivity index (χ0v) is 21.2. The number of alkyl halides is 1. The summed E-state index contributed by atoms with van der Waals surface area (Å²) in [5, 5.41) is 10.2. The number of piperidine rings is 1. The zero-order chi connectivity index (χ0) is 26.4. The van der Waals surface area contributed by atoms with Gasteiger partial charge in [0.2, 0.25) is 0 Å². The normalized spacial score (nSPS) is 18.7. The van der Waals surface area contributed by atoms with Crippen LogP contribution in [0.25, 0.3) is 10.9 Å². The van der Waals surface area contributed by atoms with Crippen molar-refractivity contribution in [3.63, 3.8) is 0 Å². The molecule has 2 aromatic carbocycles. The summed E-state index contributed by atoms with van der Waals surface area (Å²) in [5.74, 6) is 5.65. The first kappa shape index (κ1) is 26.6. The van der Waals surface area contributed by atoms with E-state index in [4.69, 9.17) is 4.74 Å². The molecule has 0 amide bonds. The molecule has 3 aromatic rings. The molecule has 2 heterocycles. The van der Waals surface area contributed by atoms with Crippen LogP contribution in [-0.2, 0) is 4.79 Å². The summed E-state index contributed by atoms with van der Waals surface area (Å²) in [6, 6.07) is 12.1. The average Bonchev–Trinajstić information content (AvgIpc) is 2.89. The predicted octanol–water partition coefficient (Wildman–Crippen LogP) is 5.95. The van der Waals surface area contributed by atoms with Crippen LogP contribution < -0.4 is 4.74 Å². The number of aromatic nitrogens is 1. The highest BCUT2D eigenvalue weighted by Crippen LogP contribution is 2.36. The molecule has 1 aliphatic rings. The minimum atomic E-state index is -1.18. The Morgan fingerprint density at radius 1 is 1.24 bits per heavy atom. The van der Waals surface area contributed by atoms with Crippen molar-refractivity contribution in [3.8, 4) is 17.6 Å². The molecule has 0 radical (unpaired) electrons. The molecule has 37 heavy (non-hydrogen) atoms. The van der Waals surface area contributed by atoms with Gasteiger partial charge >= 0.3 is 5.97 Å². The van der Waals surface area contributed by atoms with Crippen molar-refractivity contribution in [1.82, 2.24) is 9.88 Å². The maximum Gasteiger partial charge on any atom is 0.303 e. The Labute approximate surface area is 216 Å². The Kier molecular flexibility index (Phi) is 8.73. The van der Waals surface area contributed by atoms with Crippen LogP contribution in [0.5, 0.6) is 5.75 Å². The van der Waals surface area contributed by atoms with Crippen LogP contribution in [0.1, 0.15) is 48.5 Å². The average molecular weight is 507 g/mol. The summed E-state index contributed by atoms with van der Waals surface area (Å²) >= 11 is 0. The number of hydrogen-bond acceptors (Lipinski definition) is 4. The van der Waals surface area contributed by atoms with Gasteiger partial charge in [0, 0.05) is 30.1 Å². The molecule has 4 rings (SSSR count). The Bertz CT molecular complexity index is 1320. The van der Waals surface area contributed by atoms with Gasteiger partial charge in [0.05, 0.1) is 19.2 Å². The van der Waals surface area contributed by atoms with Gasteiger partial charge in [0.25, 0.3) is 0 Å². The van der Waals surface area contributed by atoms with E-state index in [9.17, 15) is 14.3 Å². The van der Waals surface area contributed by atoms with Gasteiger partial charge < -0.3 is 9.84 Å². The summed E-state index contributed by atoms with van der Waals surface area (Å²) in [6.45, 7) is 3.56. The molecule has 0 saturated carbocycles. The molecule has 7 heteroatoms. The minimum Gasteiger partial charge on any atom is -0.497 e. The molecule has 1 N–H and O–H groups in total. The number of benzene rings is 2. The molecule has 1 aromatic heterocycles. The second kappa shape index (κ2) is 12.2. The van der Waals surface area contributed by atoms with E-state index < -0.39 is 12.1 Å². The first-order valence-corrected chi connectivity index (χ1v) is 12.6. The summed E-state index contributed by atoms with van der Waals surface area (Å²) < 4.78 is 34.5. The number of carbonyl (C=O) groups is 1. The molecule has 5 nitrogen and oxygen atoms in total. The fourth-order valence-electron chi connectivity index (χ4n) is 5.12. The molecule has 0 unspecified atom stereocenters. The van der Waals surface area contributed by atoms with Crippen LogP contribution >= 0.6 is 0 Å². The van der Waals surface area contributed by atoms with Crippen LogP contribution in [0.15, 0.2) is 48.7 Å². The summed E-state index contributed by atoms with van der Waals surface area (Å²) in [4.78, 5) is 18.0. The van der Waals surface area contributed by atoms with E-state index in [1.165, 1.54) is 6.07 Å². The number of methoxy groups -OCH3 is 1. The number of halogens is 2. The lowest BCUT2D eigenvalue weighted by Gasteiger charge is -2.37. The third kappa shape index (κ3) is 6.84. The van der Waals surface area contributed by atoms with Gasteiger partial charge in [0.15, 0.2) is 0 Å². The van der Waals surface area contributed by atoms with Crippen molar-refractivity contribution >= 4 is 16.9 Å². The summed E-state index contributed by atoms with van der Waals surface area (Å²) in [5.41, 5.74) is 2.50. The van der Waals surface area contributed by atoms with E-state index in [-0.39, 0.29) is 24.1 Å². The molecular formula is C30H32F2N2O3. The number of hydrogen-bond donors (Lipinski definition) is 1. The maximum atomic E-state index is 15.5. The largest absolute Gasteiger partial charge is 0.497 e. The predicted molar refractivity (Wildman–Crippen MR) is 140 cm³/mol. The quantitative estimate of drug-likeness (QED) is 0.383. The van der Waals surface area contributed by atoms with Crippen LogP contribution in [0, 0.1) is 36.4 Å². The van der Waals surface area contributed by atoms with E-state index in [1.807, 2.05) is 12.1 Å². The fraction of sp³-hybridized carbons (Fsp3) is 0.400. The van der Waals surface area contributed by atoms with E-state index in [2.05, 4.69) is 21.7 Å². The lowest BCUT2D eigenvalue weighted by Crippen LogP contribution is -2.41. The molecule has 0 spiro atoms. The number of rotatable bonds is 8. The van der Waals surface area contributed by atoms with E-state index in [0.29, 0.717) is 53.9 Å². The topological polar surface area (TPSA) is 62.7 Å². The van der Waals surface area contributed by atoms with E-state index in [0.717, 1.165) is 18.4 Å². The van der Waals surface area contributed by atoms with Gasteiger partial charge in [-0.05, 0) is 92.1 Å². The highest BCUT2D eigenvalue weighted by molar-refractivity contribution is 5.83. The Morgan fingerprint density at radius 3 is 2.84 bits per heavy atom. The highest BCUT2D eigenvalue weighted by Gasteiger charge is 2.31. The van der Waals surface area contributed by atoms with Crippen molar-refractivity contribution in [2.24, 2.45) is 11.8 Å². The molecule has 1 saturated heterocycles. The van der Waals surface area contributed by atoms with Crippen molar-refractivity contribution < 1.29 is 23.4 Å². The van der Waals surface area contributed by atoms with Gasteiger partial charge in [-0.25, -0.2) is 8.78 Å². The van der Waals surface area contributed by atoms with Gasteiger partial charge in [0.1, 0.15) is 17.7 Å². The number of likely N-dealkylation sites (tertiary alicyclic amines) is 1. The second-order valence-corrected chi connectivity index (χ2v) is 9.74. The molecule has 0 bridgehead atoms. The molecule has 1 aliphatic heterocycles. The SMILES string of the molecule is COc1ccc2nccc([C@H](F)CC[C@@H]3CCN(CC#Cc4ccc(C)c(F)c4)C[C@@H]3CC(=O)O)c2c1. The van der Waals surface area contributed by atoms with Gasteiger partial charge in [-0.3, -0.25) is 14.7 Å². The molecule has 1 fully saturated rings. The number of aliphatic carboxylic acids is 1. The third-order valence-electron chi connectivity index (χ3n) is 7.23. The first-order valence-electron chi connectivity index (χ1n) is 12.6. The Morgan fingerprint density at radius 2 is 2.08 bits per heavy atom. The molecule has 194 valence electrons. The number of carboxylic acid groups (broad SMARTS) is 1. The van der Waals surface area contributed by atoms with Crippen LogP contribution in [0.4, 0.5) is 8.78 Å². The third-order valence-corrected chi connectivity index (χ3v) is 7.23. The van der Waals surface area contributed by atoms with E-state index >= 15 is 4.39 Å². The smallest absolute Gasteiger partial charge is 0.303 e. The summed E-state index contributed by atoms with van der Waals surface area (Å²) in [7, 11) is 1.58. The Hall–Kier alpha value is -3.50. The van der Waals surface area contributed by atoms with Gasteiger partial charge in [-0.1, -0.05) is 17.9 Å². The summed E-state index contributed by atoms with van der Waals surface area (Å²) in [6.07, 6.45) is 2.20. The number of fused-ring (bicyclic) bond motifs is 1. The minimum absolute atomic E-state index is 0.0457.